The molecule has 2 aliphatic rings. The van der Waals surface area contributed by atoms with Crippen LogP contribution < -0.4 is 20.4 Å². The molecule has 2 N–H and O–H groups in total. The first-order chi connectivity index (χ1) is 14.2. The van der Waals surface area contributed by atoms with Crippen molar-refractivity contribution in [3.8, 4) is 0 Å². The number of benzene rings is 1. The highest BCUT2D eigenvalue weighted by molar-refractivity contribution is 5.90. The second-order valence-electron chi connectivity index (χ2n) is 7.85. The molecule has 2 saturated heterocycles. The lowest BCUT2D eigenvalue weighted by Crippen LogP contribution is -2.49. The maximum Gasteiger partial charge on any atom is 0.319 e. The van der Waals surface area contributed by atoms with E-state index in [0.717, 1.165) is 62.6 Å². The fourth-order valence-electron chi connectivity index (χ4n) is 4.16. The van der Waals surface area contributed by atoms with Gasteiger partial charge in [-0.1, -0.05) is 13.0 Å². The second-order valence-corrected chi connectivity index (χ2v) is 7.85. The summed E-state index contributed by atoms with van der Waals surface area (Å²) in [6.45, 7) is 6.00. The molecule has 1 aromatic carbocycles. The molecule has 7 nitrogen and oxygen atoms in total. The number of aryl methyl sites for hydroxylation is 1. The Labute approximate surface area is 172 Å². The van der Waals surface area contributed by atoms with Crippen LogP contribution in [0.3, 0.4) is 0 Å². The third kappa shape index (κ3) is 4.96. The summed E-state index contributed by atoms with van der Waals surface area (Å²) in [7, 11) is 0. The Morgan fingerprint density at radius 1 is 1.10 bits per heavy atom. The number of carbonyl (C=O) groups excluding carboxylic acids is 1. The molecule has 0 aliphatic carbocycles. The van der Waals surface area contributed by atoms with Crippen molar-refractivity contribution in [3.05, 3.63) is 42.4 Å². The van der Waals surface area contributed by atoms with Crippen molar-refractivity contribution < 1.29 is 4.79 Å². The molecule has 0 bridgehead atoms. The number of piperidine rings is 1. The summed E-state index contributed by atoms with van der Waals surface area (Å²) >= 11 is 0. The summed E-state index contributed by atoms with van der Waals surface area (Å²) in [4.78, 5) is 25.9. The summed E-state index contributed by atoms with van der Waals surface area (Å²) in [5, 5.41) is 6.14. The number of amides is 2. The highest BCUT2D eigenvalue weighted by Gasteiger charge is 2.23. The van der Waals surface area contributed by atoms with Gasteiger partial charge in [-0.15, -0.1) is 0 Å². The molecule has 1 unspecified atom stereocenters. The van der Waals surface area contributed by atoms with Crippen LogP contribution in [0.1, 0.15) is 38.3 Å². The van der Waals surface area contributed by atoms with Crippen molar-refractivity contribution >= 4 is 23.2 Å². The zero-order valence-corrected chi connectivity index (χ0v) is 17.1. The quantitative estimate of drug-likeness (QED) is 0.813. The molecule has 1 atom stereocenters. The maximum absolute atomic E-state index is 12.6. The van der Waals surface area contributed by atoms with Gasteiger partial charge in [0.1, 0.15) is 12.1 Å². The number of nitrogens with one attached hydrogen (secondary N) is 2. The van der Waals surface area contributed by atoms with Gasteiger partial charge in [-0.2, -0.15) is 0 Å². The van der Waals surface area contributed by atoms with Gasteiger partial charge < -0.3 is 20.4 Å². The van der Waals surface area contributed by atoms with Crippen LogP contribution in [0.15, 0.2) is 36.7 Å². The lowest BCUT2D eigenvalue weighted by atomic mass is 10.1. The SMILES string of the molecule is CCc1cc(N2CCCC(NC(=O)Nc3cccc(N4CCCC4)c3)C2)ncn1. The van der Waals surface area contributed by atoms with Crippen LogP contribution in [-0.2, 0) is 6.42 Å². The number of hydrogen-bond donors (Lipinski definition) is 2. The Morgan fingerprint density at radius 2 is 1.93 bits per heavy atom. The van der Waals surface area contributed by atoms with Crippen LogP contribution in [0.2, 0.25) is 0 Å². The topological polar surface area (TPSA) is 73.4 Å². The molecule has 3 heterocycles. The predicted octanol–water partition coefficient (Wildman–Crippen LogP) is 3.43. The Morgan fingerprint density at radius 3 is 2.76 bits per heavy atom. The van der Waals surface area contributed by atoms with Gasteiger partial charge in [0.05, 0.1) is 0 Å². The Kier molecular flexibility index (Phi) is 6.12. The molecule has 2 aromatic rings. The van der Waals surface area contributed by atoms with Crippen molar-refractivity contribution in [2.24, 2.45) is 0 Å². The molecule has 0 spiro atoms. The van der Waals surface area contributed by atoms with Gasteiger partial charge in [-0.05, 0) is 50.3 Å². The van der Waals surface area contributed by atoms with E-state index in [2.05, 4.69) is 49.5 Å². The van der Waals surface area contributed by atoms with Crippen LogP contribution in [0.25, 0.3) is 0 Å². The third-order valence-electron chi connectivity index (χ3n) is 5.73. The number of nitrogens with zero attached hydrogens (tertiary/aromatic N) is 4. The molecule has 2 aliphatic heterocycles. The largest absolute Gasteiger partial charge is 0.371 e. The van der Waals surface area contributed by atoms with Gasteiger partial charge >= 0.3 is 6.03 Å². The average Bonchev–Trinajstić information content (AvgIpc) is 3.29. The molecular weight excluding hydrogens is 364 g/mol. The molecule has 0 saturated carbocycles. The van der Waals surface area contributed by atoms with Gasteiger partial charge in [0.2, 0.25) is 0 Å². The van der Waals surface area contributed by atoms with Crippen LogP contribution >= 0.6 is 0 Å². The first-order valence-corrected chi connectivity index (χ1v) is 10.7. The fourth-order valence-corrected chi connectivity index (χ4v) is 4.16. The van der Waals surface area contributed by atoms with E-state index < -0.39 is 0 Å². The monoisotopic (exact) mass is 394 g/mol. The molecule has 0 radical (unpaired) electrons. The van der Waals surface area contributed by atoms with Crippen molar-refractivity contribution in [1.82, 2.24) is 15.3 Å². The van der Waals surface area contributed by atoms with Gasteiger partial charge in [-0.25, -0.2) is 14.8 Å². The minimum absolute atomic E-state index is 0.102. The molecule has 2 fully saturated rings. The predicted molar refractivity (Wildman–Crippen MR) is 117 cm³/mol. The van der Waals surface area contributed by atoms with E-state index in [0.29, 0.717) is 0 Å². The standard InChI is InChI=1S/C22H30N6O/c1-2-17-14-21(24-16-23-17)28-12-6-8-19(15-28)26-22(29)25-18-7-5-9-20(13-18)27-10-3-4-11-27/h5,7,9,13-14,16,19H,2-4,6,8,10-12,15H2,1H3,(H2,25,26,29). The van der Waals surface area contributed by atoms with Gasteiger partial charge in [0.15, 0.2) is 0 Å². The summed E-state index contributed by atoms with van der Waals surface area (Å²) < 4.78 is 0. The van der Waals surface area contributed by atoms with Crippen LogP contribution in [0.5, 0.6) is 0 Å². The fraction of sp³-hybridized carbons (Fsp3) is 0.500. The number of carbonyl (C=O) groups is 1. The first-order valence-electron chi connectivity index (χ1n) is 10.7. The zero-order valence-electron chi connectivity index (χ0n) is 17.1. The van der Waals surface area contributed by atoms with Crippen LogP contribution in [0, 0.1) is 0 Å². The van der Waals surface area contributed by atoms with Gasteiger partial charge in [0.25, 0.3) is 0 Å². The minimum atomic E-state index is -0.146. The van der Waals surface area contributed by atoms with Crippen LogP contribution in [0.4, 0.5) is 22.0 Å². The third-order valence-corrected chi connectivity index (χ3v) is 5.73. The second kappa shape index (κ2) is 9.11. The molecular formula is C22H30N6O. The highest BCUT2D eigenvalue weighted by atomic mass is 16.2. The summed E-state index contributed by atoms with van der Waals surface area (Å²) in [6.07, 6.45) is 7.00. The van der Waals surface area contributed by atoms with Crippen LogP contribution in [-0.4, -0.2) is 48.2 Å². The number of anilines is 3. The van der Waals surface area contributed by atoms with E-state index in [1.54, 1.807) is 6.33 Å². The van der Waals surface area contributed by atoms with E-state index in [9.17, 15) is 4.79 Å². The Bertz CT molecular complexity index is 836. The molecule has 1 aromatic heterocycles. The lowest BCUT2D eigenvalue weighted by molar-refractivity contribution is 0.246. The van der Waals surface area contributed by atoms with Crippen molar-refractivity contribution in [3.63, 3.8) is 0 Å². The number of hydrogen-bond acceptors (Lipinski definition) is 5. The molecule has 2 amide bonds. The van der Waals surface area contributed by atoms with Gasteiger partial charge in [-0.3, -0.25) is 0 Å². The lowest BCUT2D eigenvalue weighted by Gasteiger charge is -2.34. The minimum Gasteiger partial charge on any atom is -0.371 e. The van der Waals surface area contributed by atoms with E-state index >= 15 is 0 Å². The van der Waals surface area contributed by atoms with E-state index in [1.807, 2.05) is 18.2 Å². The average molecular weight is 395 g/mol. The van der Waals surface area contributed by atoms with Crippen molar-refractivity contribution in [2.45, 2.75) is 45.1 Å². The number of aromatic nitrogens is 2. The summed E-state index contributed by atoms with van der Waals surface area (Å²) in [5.74, 6) is 0.946. The molecule has 29 heavy (non-hydrogen) atoms. The van der Waals surface area contributed by atoms with E-state index in [1.165, 1.54) is 18.5 Å². The number of urea groups is 1. The maximum atomic E-state index is 12.6. The highest BCUT2D eigenvalue weighted by Crippen LogP contribution is 2.23. The van der Waals surface area contributed by atoms with Crippen molar-refractivity contribution in [1.29, 1.82) is 0 Å². The first kappa shape index (κ1) is 19.5. The molecule has 154 valence electrons. The summed E-state index contributed by atoms with van der Waals surface area (Å²) in [6, 6.07) is 10.1. The Hall–Kier alpha value is -2.83. The molecule has 7 heteroatoms. The Balaban J connectivity index is 1.34. The summed E-state index contributed by atoms with van der Waals surface area (Å²) in [5.41, 5.74) is 3.06. The smallest absolute Gasteiger partial charge is 0.319 e. The molecule has 4 rings (SSSR count). The number of rotatable bonds is 5. The van der Waals surface area contributed by atoms with E-state index in [4.69, 9.17) is 0 Å². The van der Waals surface area contributed by atoms with Crippen molar-refractivity contribution in [2.75, 3.05) is 41.3 Å². The van der Waals surface area contributed by atoms with E-state index in [-0.39, 0.29) is 12.1 Å². The van der Waals surface area contributed by atoms with Gasteiger partial charge in [0, 0.05) is 55.4 Å². The normalized spacial score (nSPS) is 19.3. The zero-order chi connectivity index (χ0) is 20.1.